The number of hydrogen-bond acceptors (Lipinski definition) is 5. The lowest BCUT2D eigenvalue weighted by molar-refractivity contribution is -0.118. The van der Waals surface area contributed by atoms with E-state index in [2.05, 4.69) is 15.3 Å². The standard InChI is InChI=1S/C20H25N3O3/c1-14(24)5-6-15-7-9-17(10-8-15)26-13-18(25)23-16-11-21-19(22-12-16)20(2,3)4/h7-12H,5-6,13H2,1-4H3,(H,23,25). The summed E-state index contributed by atoms with van der Waals surface area (Å²) < 4.78 is 5.48. The van der Waals surface area contributed by atoms with Crippen molar-refractivity contribution in [3.63, 3.8) is 0 Å². The lowest BCUT2D eigenvalue weighted by Gasteiger charge is -2.16. The first-order valence-electron chi connectivity index (χ1n) is 8.57. The highest BCUT2D eigenvalue weighted by Gasteiger charge is 2.16. The maximum atomic E-state index is 12.0. The molecule has 0 unspecified atom stereocenters. The zero-order chi connectivity index (χ0) is 19.2. The van der Waals surface area contributed by atoms with Gasteiger partial charge in [-0.3, -0.25) is 4.79 Å². The number of carbonyl (C=O) groups is 2. The van der Waals surface area contributed by atoms with Crippen LogP contribution in [0.15, 0.2) is 36.7 Å². The van der Waals surface area contributed by atoms with Gasteiger partial charge in [-0.2, -0.15) is 0 Å². The Hall–Kier alpha value is -2.76. The normalized spacial score (nSPS) is 11.1. The van der Waals surface area contributed by atoms with E-state index in [1.807, 2.05) is 32.9 Å². The average molecular weight is 355 g/mol. The van der Waals surface area contributed by atoms with Crippen molar-refractivity contribution in [1.82, 2.24) is 9.97 Å². The fourth-order valence-electron chi connectivity index (χ4n) is 2.20. The van der Waals surface area contributed by atoms with E-state index in [1.165, 1.54) is 0 Å². The summed E-state index contributed by atoms with van der Waals surface area (Å²) in [6.07, 6.45) is 4.42. The first kappa shape index (κ1) is 19.6. The van der Waals surface area contributed by atoms with Crippen molar-refractivity contribution in [2.24, 2.45) is 0 Å². The molecule has 1 N–H and O–H groups in total. The van der Waals surface area contributed by atoms with Gasteiger partial charge in [-0.15, -0.1) is 0 Å². The third kappa shape index (κ3) is 6.27. The minimum Gasteiger partial charge on any atom is -0.484 e. The molecule has 2 aromatic rings. The molecule has 0 radical (unpaired) electrons. The molecule has 2 rings (SSSR count). The fourth-order valence-corrected chi connectivity index (χ4v) is 2.20. The van der Waals surface area contributed by atoms with Gasteiger partial charge in [0, 0.05) is 11.8 Å². The van der Waals surface area contributed by atoms with Crippen LogP contribution in [0.5, 0.6) is 5.75 Å². The van der Waals surface area contributed by atoms with Crippen LogP contribution in [0.3, 0.4) is 0 Å². The lowest BCUT2D eigenvalue weighted by atomic mass is 9.96. The molecule has 0 atom stereocenters. The number of amides is 1. The molecule has 1 aromatic carbocycles. The number of rotatable bonds is 7. The van der Waals surface area contributed by atoms with E-state index in [4.69, 9.17) is 4.74 Å². The minimum atomic E-state index is -0.280. The first-order valence-corrected chi connectivity index (χ1v) is 8.57. The van der Waals surface area contributed by atoms with Gasteiger partial charge in [-0.25, -0.2) is 9.97 Å². The molecule has 0 aliphatic heterocycles. The van der Waals surface area contributed by atoms with Gasteiger partial charge in [0.25, 0.3) is 5.91 Å². The molecule has 0 saturated carbocycles. The van der Waals surface area contributed by atoms with Crippen LogP contribution in [0.2, 0.25) is 0 Å². The number of hydrogen-bond donors (Lipinski definition) is 1. The molecule has 1 heterocycles. The van der Waals surface area contributed by atoms with Crippen LogP contribution in [0.25, 0.3) is 0 Å². The summed E-state index contributed by atoms with van der Waals surface area (Å²) in [5, 5.41) is 2.71. The Balaban J connectivity index is 1.82. The summed E-state index contributed by atoms with van der Waals surface area (Å²) in [6, 6.07) is 7.39. The lowest BCUT2D eigenvalue weighted by Crippen LogP contribution is -2.21. The highest BCUT2D eigenvalue weighted by Crippen LogP contribution is 2.18. The highest BCUT2D eigenvalue weighted by molar-refractivity contribution is 5.91. The summed E-state index contributed by atoms with van der Waals surface area (Å²) in [5.41, 5.74) is 1.46. The van der Waals surface area contributed by atoms with Gasteiger partial charge in [-0.1, -0.05) is 32.9 Å². The third-order valence-electron chi connectivity index (χ3n) is 3.67. The Bertz CT molecular complexity index is 747. The van der Waals surface area contributed by atoms with Gasteiger partial charge in [0.1, 0.15) is 17.4 Å². The zero-order valence-electron chi connectivity index (χ0n) is 15.7. The van der Waals surface area contributed by atoms with E-state index < -0.39 is 0 Å². The van der Waals surface area contributed by atoms with Crippen LogP contribution < -0.4 is 10.1 Å². The molecule has 0 spiro atoms. The summed E-state index contributed by atoms with van der Waals surface area (Å²) in [6.45, 7) is 7.56. The smallest absolute Gasteiger partial charge is 0.262 e. The second-order valence-electron chi connectivity index (χ2n) is 7.23. The molecule has 0 fully saturated rings. The minimum absolute atomic E-state index is 0.103. The molecule has 26 heavy (non-hydrogen) atoms. The molecule has 0 saturated heterocycles. The molecule has 1 aromatic heterocycles. The summed E-state index contributed by atoms with van der Waals surface area (Å²) in [5.74, 6) is 1.21. The van der Waals surface area contributed by atoms with Crippen molar-refractivity contribution < 1.29 is 14.3 Å². The quantitative estimate of drug-likeness (QED) is 0.824. The molecule has 6 nitrogen and oxygen atoms in total. The van der Waals surface area contributed by atoms with E-state index in [0.717, 1.165) is 11.4 Å². The summed E-state index contributed by atoms with van der Waals surface area (Å²) in [4.78, 5) is 31.5. The number of anilines is 1. The van der Waals surface area contributed by atoms with Crippen molar-refractivity contribution in [3.8, 4) is 5.75 Å². The van der Waals surface area contributed by atoms with Gasteiger partial charge >= 0.3 is 0 Å². The molecule has 1 amide bonds. The molecular formula is C20H25N3O3. The van der Waals surface area contributed by atoms with Crippen LogP contribution in [0.4, 0.5) is 5.69 Å². The van der Waals surface area contributed by atoms with Gasteiger partial charge in [-0.05, 0) is 31.0 Å². The number of ether oxygens (including phenoxy) is 1. The molecule has 0 aliphatic carbocycles. The fraction of sp³-hybridized carbons (Fsp3) is 0.400. The highest BCUT2D eigenvalue weighted by atomic mass is 16.5. The van der Waals surface area contributed by atoms with Crippen LogP contribution in [-0.2, 0) is 21.4 Å². The van der Waals surface area contributed by atoms with Gasteiger partial charge in [0.15, 0.2) is 6.61 Å². The molecule has 138 valence electrons. The van der Waals surface area contributed by atoms with Gasteiger partial charge < -0.3 is 14.8 Å². The number of carbonyl (C=O) groups excluding carboxylic acids is 2. The molecule has 0 bridgehead atoms. The number of Topliss-reactive ketones (excluding diaryl/α,β-unsaturated/α-hetero) is 1. The van der Waals surface area contributed by atoms with Gasteiger partial charge in [0.2, 0.25) is 0 Å². The van der Waals surface area contributed by atoms with E-state index in [0.29, 0.717) is 24.3 Å². The second-order valence-corrected chi connectivity index (χ2v) is 7.23. The van der Waals surface area contributed by atoms with Crippen LogP contribution in [0.1, 0.15) is 45.5 Å². The SMILES string of the molecule is CC(=O)CCc1ccc(OCC(=O)Nc2cnc(C(C)(C)C)nc2)cc1. The van der Waals surface area contributed by atoms with Crippen molar-refractivity contribution >= 4 is 17.4 Å². The van der Waals surface area contributed by atoms with Crippen LogP contribution in [0, 0.1) is 0 Å². The number of nitrogens with zero attached hydrogens (tertiary/aromatic N) is 2. The number of aryl methyl sites for hydroxylation is 1. The van der Waals surface area contributed by atoms with Crippen LogP contribution in [-0.4, -0.2) is 28.3 Å². The van der Waals surface area contributed by atoms with Crippen LogP contribution >= 0.6 is 0 Å². The molecular weight excluding hydrogens is 330 g/mol. The number of nitrogens with one attached hydrogen (secondary N) is 1. The Morgan fingerprint density at radius 2 is 1.69 bits per heavy atom. The maximum Gasteiger partial charge on any atom is 0.262 e. The second kappa shape index (κ2) is 8.56. The zero-order valence-corrected chi connectivity index (χ0v) is 15.7. The van der Waals surface area contributed by atoms with E-state index in [1.54, 1.807) is 31.5 Å². The predicted molar refractivity (Wildman–Crippen MR) is 100 cm³/mol. The van der Waals surface area contributed by atoms with Crippen molar-refractivity contribution in [2.45, 2.75) is 46.0 Å². The van der Waals surface area contributed by atoms with E-state index in [-0.39, 0.29) is 23.7 Å². The Morgan fingerprint density at radius 1 is 1.08 bits per heavy atom. The summed E-state index contributed by atoms with van der Waals surface area (Å²) >= 11 is 0. The van der Waals surface area contributed by atoms with Crippen molar-refractivity contribution in [3.05, 3.63) is 48.0 Å². The molecule has 6 heteroatoms. The largest absolute Gasteiger partial charge is 0.484 e. The topological polar surface area (TPSA) is 81.2 Å². The van der Waals surface area contributed by atoms with Gasteiger partial charge in [0.05, 0.1) is 18.1 Å². The van der Waals surface area contributed by atoms with Crippen molar-refractivity contribution in [2.75, 3.05) is 11.9 Å². The Kier molecular flexibility index (Phi) is 6.44. The predicted octanol–water partition coefficient (Wildman–Crippen LogP) is 3.31. The monoisotopic (exact) mass is 355 g/mol. The van der Waals surface area contributed by atoms with E-state index in [9.17, 15) is 9.59 Å². The Labute approximate surface area is 154 Å². The average Bonchev–Trinajstić information content (AvgIpc) is 2.58. The maximum absolute atomic E-state index is 12.0. The Morgan fingerprint density at radius 3 is 2.23 bits per heavy atom. The number of aromatic nitrogens is 2. The summed E-state index contributed by atoms with van der Waals surface area (Å²) in [7, 11) is 0. The third-order valence-corrected chi connectivity index (χ3v) is 3.67. The first-order chi connectivity index (χ1) is 12.2. The number of benzene rings is 1. The number of ketones is 1. The van der Waals surface area contributed by atoms with E-state index >= 15 is 0 Å². The van der Waals surface area contributed by atoms with Crippen molar-refractivity contribution in [1.29, 1.82) is 0 Å². The molecule has 0 aliphatic rings.